The molecule has 1 fully saturated rings. The minimum Gasteiger partial charge on any atom is -0.496 e. The average Bonchev–Trinajstić information content (AvgIpc) is 3.40. The zero-order chi connectivity index (χ0) is 25.1. The summed E-state index contributed by atoms with van der Waals surface area (Å²) in [6, 6.07) is 5.52. The third kappa shape index (κ3) is 5.08. The first-order valence-corrected chi connectivity index (χ1v) is 12.6. The fourth-order valence-electron chi connectivity index (χ4n) is 5.54. The van der Waals surface area contributed by atoms with Crippen LogP contribution in [0.25, 0.3) is 0 Å². The molecule has 2 aliphatic rings. The van der Waals surface area contributed by atoms with E-state index in [4.69, 9.17) is 19.3 Å². The molecule has 1 aliphatic carbocycles. The van der Waals surface area contributed by atoms with Gasteiger partial charge in [-0.2, -0.15) is 5.10 Å². The van der Waals surface area contributed by atoms with E-state index in [0.29, 0.717) is 25.5 Å². The summed E-state index contributed by atoms with van der Waals surface area (Å²) in [5.41, 5.74) is 5.45. The molecule has 35 heavy (non-hydrogen) atoms. The Labute approximate surface area is 207 Å². The summed E-state index contributed by atoms with van der Waals surface area (Å²) in [7, 11) is 1.64. The lowest BCUT2D eigenvalue weighted by molar-refractivity contribution is -0.151. The average molecular weight is 484 g/mol. The molecular formula is C27H37N3O5. The summed E-state index contributed by atoms with van der Waals surface area (Å²) in [4.78, 5) is 27.5. The predicted octanol–water partition coefficient (Wildman–Crippen LogP) is 3.87. The quantitative estimate of drug-likeness (QED) is 0.530. The van der Waals surface area contributed by atoms with Crippen LogP contribution in [0.3, 0.4) is 0 Å². The number of carbonyl (C=O) groups excluding carboxylic acids is 2. The van der Waals surface area contributed by atoms with Gasteiger partial charge in [0, 0.05) is 18.2 Å². The molecular weight excluding hydrogens is 446 g/mol. The van der Waals surface area contributed by atoms with Crippen LogP contribution in [0.2, 0.25) is 0 Å². The number of carbonyl (C=O) groups is 2. The van der Waals surface area contributed by atoms with Crippen molar-refractivity contribution in [2.24, 2.45) is 0 Å². The lowest BCUT2D eigenvalue weighted by Crippen LogP contribution is -2.37. The minimum absolute atomic E-state index is 0.00458. The van der Waals surface area contributed by atoms with Gasteiger partial charge in [0.05, 0.1) is 31.6 Å². The molecule has 1 saturated heterocycles. The van der Waals surface area contributed by atoms with Gasteiger partial charge in [-0.3, -0.25) is 9.48 Å². The maximum absolute atomic E-state index is 13.7. The molecule has 0 saturated carbocycles. The number of nitrogens with zero attached hydrogens (tertiary/aromatic N) is 3. The maximum Gasteiger partial charge on any atom is 0.332 e. The number of aromatic nitrogens is 2. The molecule has 0 spiro atoms. The van der Waals surface area contributed by atoms with E-state index in [0.717, 1.165) is 47.5 Å². The summed E-state index contributed by atoms with van der Waals surface area (Å²) in [5, 5.41) is 4.84. The molecule has 8 nitrogen and oxygen atoms in total. The summed E-state index contributed by atoms with van der Waals surface area (Å²) in [6.45, 7) is 8.95. The Balaban J connectivity index is 1.60. The van der Waals surface area contributed by atoms with Crippen LogP contribution in [0.4, 0.5) is 0 Å². The van der Waals surface area contributed by atoms with Crippen molar-refractivity contribution in [2.75, 3.05) is 26.9 Å². The smallest absolute Gasteiger partial charge is 0.332 e. The number of hydrogen-bond acceptors (Lipinski definition) is 6. The first-order valence-electron chi connectivity index (χ1n) is 12.6. The van der Waals surface area contributed by atoms with Crippen molar-refractivity contribution in [3.05, 3.63) is 46.3 Å². The lowest BCUT2D eigenvalue weighted by atomic mass is 9.88. The predicted molar refractivity (Wildman–Crippen MR) is 131 cm³/mol. The van der Waals surface area contributed by atoms with E-state index in [-0.39, 0.29) is 31.2 Å². The molecule has 0 N–H and O–H groups in total. The molecule has 0 radical (unpaired) electrons. The van der Waals surface area contributed by atoms with Crippen molar-refractivity contribution in [1.82, 2.24) is 14.7 Å². The first kappa shape index (κ1) is 25.2. The van der Waals surface area contributed by atoms with Gasteiger partial charge in [-0.1, -0.05) is 19.1 Å². The highest BCUT2D eigenvalue weighted by molar-refractivity contribution is 5.77. The van der Waals surface area contributed by atoms with Gasteiger partial charge in [-0.05, 0) is 69.2 Å². The Morgan fingerprint density at radius 3 is 2.71 bits per heavy atom. The number of rotatable bonds is 8. The number of esters is 1. The number of benzene rings is 1. The number of likely N-dealkylation sites (tertiary alicyclic amines) is 1. The van der Waals surface area contributed by atoms with Gasteiger partial charge >= 0.3 is 5.97 Å². The third-order valence-corrected chi connectivity index (χ3v) is 7.43. The van der Waals surface area contributed by atoms with Crippen molar-refractivity contribution < 1.29 is 23.8 Å². The maximum atomic E-state index is 13.7. The van der Waals surface area contributed by atoms with Gasteiger partial charge in [0.2, 0.25) is 5.91 Å². The highest BCUT2D eigenvalue weighted by Crippen LogP contribution is 2.39. The molecule has 1 aliphatic heterocycles. The molecule has 1 aromatic heterocycles. The Morgan fingerprint density at radius 1 is 1.20 bits per heavy atom. The lowest BCUT2D eigenvalue weighted by Gasteiger charge is -2.30. The van der Waals surface area contributed by atoms with Crippen LogP contribution >= 0.6 is 0 Å². The highest BCUT2D eigenvalue weighted by Gasteiger charge is 2.40. The Bertz CT molecular complexity index is 1080. The number of methoxy groups -OCH3 is 1. The first-order chi connectivity index (χ1) is 16.8. The van der Waals surface area contributed by atoms with Crippen LogP contribution in [-0.2, 0) is 32.0 Å². The van der Waals surface area contributed by atoms with Gasteiger partial charge in [0.25, 0.3) is 0 Å². The number of amides is 1. The van der Waals surface area contributed by atoms with E-state index >= 15 is 0 Å². The zero-order valence-electron chi connectivity index (χ0n) is 21.5. The van der Waals surface area contributed by atoms with Crippen LogP contribution in [0.5, 0.6) is 5.75 Å². The Hall–Kier alpha value is -2.87. The second kappa shape index (κ2) is 10.8. The molecule has 2 heterocycles. The van der Waals surface area contributed by atoms with Crippen molar-refractivity contribution in [2.45, 2.75) is 78.0 Å². The number of ether oxygens (including phenoxy) is 3. The Kier molecular flexibility index (Phi) is 7.79. The molecule has 190 valence electrons. The molecule has 3 atom stereocenters. The van der Waals surface area contributed by atoms with E-state index in [1.807, 2.05) is 34.7 Å². The van der Waals surface area contributed by atoms with Crippen LogP contribution in [0.1, 0.15) is 73.1 Å². The Morgan fingerprint density at radius 2 is 2.00 bits per heavy atom. The van der Waals surface area contributed by atoms with Gasteiger partial charge in [-0.25, -0.2) is 4.79 Å². The van der Waals surface area contributed by atoms with Gasteiger partial charge in [0.15, 0.2) is 0 Å². The van der Waals surface area contributed by atoms with Crippen LogP contribution in [0.15, 0.2) is 18.2 Å². The van der Waals surface area contributed by atoms with Crippen LogP contribution in [-0.4, -0.2) is 59.5 Å². The van der Waals surface area contributed by atoms with E-state index in [1.54, 1.807) is 14.0 Å². The molecule has 8 heteroatoms. The monoisotopic (exact) mass is 483 g/mol. The molecule has 0 unspecified atom stereocenters. The summed E-state index contributed by atoms with van der Waals surface area (Å²) < 4.78 is 18.5. The molecule has 2 aromatic rings. The van der Waals surface area contributed by atoms with E-state index in [2.05, 4.69) is 13.8 Å². The van der Waals surface area contributed by atoms with Crippen LogP contribution < -0.4 is 4.74 Å². The number of fused-ring (bicyclic) bond motifs is 1. The molecule has 1 aromatic carbocycles. The zero-order valence-corrected chi connectivity index (χ0v) is 21.5. The van der Waals surface area contributed by atoms with Crippen molar-refractivity contribution in [1.29, 1.82) is 0 Å². The summed E-state index contributed by atoms with van der Waals surface area (Å²) in [6.07, 6.45) is 3.65. The van der Waals surface area contributed by atoms with Crippen molar-refractivity contribution in [3.8, 4) is 5.75 Å². The fraction of sp³-hybridized carbons (Fsp3) is 0.593. The third-order valence-electron chi connectivity index (χ3n) is 7.43. The highest BCUT2D eigenvalue weighted by atomic mass is 16.6. The van der Waals surface area contributed by atoms with E-state index < -0.39 is 5.97 Å². The van der Waals surface area contributed by atoms with Gasteiger partial charge in [0.1, 0.15) is 18.9 Å². The van der Waals surface area contributed by atoms with Crippen molar-refractivity contribution in [3.63, 3.8) is 0 Å². The molecule has 0 bridgehead atoms. The second-order valence-corrected chi connectivity index (χ2v) is 9.55. The minimum atomic E-state index is -0.398. The number of hydrogen-bond donors (Lipinski definition) is 0. The summed E-state index contributed by atoms with van der Waals surface area (Å²) in [5.74, 6) is 0.782. The van der Waals surface area contributed by atoms with E-state index in [1.165, 1.54) is 5.56 Å². The van der Waals surface area contributed by atoms with Gasteiger partial charge in [-0.15, -0.1) is 0 Å². The second-order valence-electron chi connectivity index (χ2n) is 9.55. The molecule has 4 rings (SSSR count). The standard InChI is InChI=1S/C27H37N3O5/c1-6-34-25(32)16-35-23-13-14-29(27(23)20-10-8-12-22(33-5)18(20)3)24(31)15-30-19(4)21-11-7-9-17(2)26(21)28-30/h8,10,12,17,23,27H,6-7,9,11,13-16H2,1-5H3/t17-,23+,27+/m0/s1. The normalized spacial score (nSPS) is 21.6. The fourth-order valence-corrected chi connectivity index (χ4v) is 5.54. The topological polar surface area (TPSA) is 82.9 Å². The van der Waals surface area contributed by atoms with Crippen molar-refractivity contribution >= 4 is 11.9 Å². The van der Waals surface area contributed by atoms with Gasteiger partial charge < -0.3 is 19.1 Å². The van der Waals surface area contributed by atoms with Crippen LogP contribution in [0, 0.1) is 13.8 Å². The SMILES string of the molecule is CCOC(=O)CO[C@@H]1CCN(C(=O)Cn2nc3c(c2C)CCC[C@@H]3C)[C@@H]1c1cccc(OC)c1C. The van der Waals surface area contributed by atoms with E-state index in [9.17, 15) is 9.59 Å². The largest absolute Gasteiger partial charge is 0.496 e. The summed E-state index contributed by atoms with van der Waals surface area (Å²) >= 11 is 0. The molecule has 1 amide bonds.